The van der Waals surface area contributed by atoms with Gasteiger partial charge in [0.25, 0.3) is 0 Å². The van der Waals surface area contributed by atoms with Crippen LogP contribution in [0.15, 0.2) is 23.3 Å². The third-order valence-electron chi connectivity index (χ3n) is 2.04. The van der Waals surface area contributed by atoms with Gasteiger partial charge >= 0.3 is 0 Å². The average Bonchev–Trinajstić information content (AvgIpc) is 2.68. The number of hydrogen-bond donors (Lipinski definition) is 1. The molecule has 1 aromatic carbocycles. The number of anilines is 1. The summed E-state index contributed by atoms with van der Waals surface area (Å²) in [5, 5.41) is 3.97. The number of thiazole rings is 1. The van der Waals surface area contributed by atoms with Crippen molar-refractivity contribution in [2.24, 2.45) is 5.11 Å². The average molecular weight is 243 g/mol. The first kappa shape index (κ1) is 11.3. The lowest BCUT2D eigenvalue weighted by Gasteiger charge is -1.89. The molecule has 2 aromatic rings. The third kappa shape index (κ3) is 2.88. The fourth-order valence-electron chi connectivity index (χ4n) is 1.34. The molecule has 0 spiro atoms. The molecule has 1 aromatic heterocycles. The van der Waals surface area contributed by atoms with Gasteiger partial charge in [0.2, 0.25) is 0 Å². The van der Waals surface area contributed by atoms with E-state index in [1.54, 1.807) is 0 Å². The Bertz CT molecular complexity index is 643. The van der Waals surface area contributed by atoms with E-state index in [-0.39, 0.29) is 0 Å². The first-order valence-electron chi connectivity index (χ1n) is 4.95. The predicted octanol–water partition coefficient (Wildman–Crippen LogP) is 2.93. The number of benzene rings is 1. The second kappa shape index (κ2) is 5.21. The largest absolute Gasteiger partial charge is 0.375 e. The van der Waals surface area contributed by atoms with Gasteiger partial charge in [-0.25, -0.2) is 4.98 Å². The Morgan fingerprint density at radius 1 is 1.53 bits per heavy atom. The molecule has 1 heterocycles. The molecule has 5 nitrogen and oxygen atoms in total. The fraction of sp³-hybridized carbons (Fsp3) is 0.182. The molecule has 17 heavy (non-hydrogen) atoms. The van der Waals surface area contributed by atoms with Crippen molar-refractivity contribution in [2.75, 3.05) is 12.3 Å². The zero-order valence-electron chi connectivity index (χ0n) is 8.92. The van der Waals surface area contributed by atoms with Gasteiger partial charge in [-0.3, -0.25) is 0 Å². The van der Waals surface area contributed by atoms with Crippen LogP contribution in [0.2, 0.25) is 0 Å². The molecule has 2 rings (SSSR count). The Hall–Kier alpha value is -2.22. The van der Waals surface area contributed by atoms with Gasteiger partial charge in [-0.05, 0) is 23.7 Å². The number of nitrogens with two attached hydrogens (primary N) is 1. The molecule has 0 unspecified atom stereocenters. The molecular formula is C11H9N5S. The van der Waals surface area contributed by atoms with Gasteiger partial charge < -0.3 is 5.73 Å². The molecular weight excluding hydrogens is 234 g/mol. The quantitative estimate of drug-likeness (QED) is 0.289. The molecule has 0 amide bonds. The van der Waals surface area contributed by atoms with Crippen molar-refractivity contribution in [3.63, 3.8) is 0 Å². The molecule has 84 valence electrons. The third-order valence-corrected chi connectivity index (χ3v) is 2.89. The lowest BCUT2D eigenvalue weighted by Crippen LogP contribution is -1.79. The molecule has 6 heteroatoms. The van der Waals surface area contributed by atoms with E-state index in [4.69, 9.17) is 11.3 Å². The summed E-state index contributed by atoms with van der Waals surface area (Å²) >= 11 is 1.45. The highest BCUT2D eigenvalue weighted by Gasteiger charge is 2.00. The van der Waals surface area contributed by atoms with Crippen LogP contribution in [-0.4, -0.2) is 11.5 Å². The number of azide groups is 1. The van der Waals surface area contributed by atoms with Crippen LogP contribution < -0.4 is 5.73 Å². The summed E-state index contributed by atoms with van der Waals surface area (Å²) in [6, 6.07) is 5.77. The second-order valence-corrected chi connectivity index (χ2v) is 4.30. The van der Waals surface area contributed by atoms with Crippen LogP contribution in [0.4, 0.5) is 5.13 Å². The minimum atomic E-state index is 0.402. The van der Waals surface area contributed by atoms with Crippen LogP contribution >= 0.6 is 11.3 Å². The Morgan fingerprint density at radius 2 is 2.41 bits per heavy atom. The highest BCUT2D eigenvalue weighted by atomic mass is 32.1. The lowest BCUT2D eigenvalue weighted by molar-refractivity contribution is 1.01. The normalized spacial score (nSPS) is 9.41. The van der Waals surface area contributed by atoms with E-state index in [2.05, 4.69) is 26.9 Å². The summed E-state index contributed by atoms with van der Waals surface area (Å²) in [5.41, 5.74) is 15.5. The minimum Gasteiger partial charge on any atom is -0.375 e. The SMILES string of the molecule is [N-]=[N+]=NCCC#Cc1ccc2nc(N)sc2c1. The van der Waals surface area contributed by atoms with Gasteiger partial charge in [0.15, 0.2) is 5.13 Å². The van der Waals surface area contributed by atoms with Crippen molar-refractivity contribution in [3.05, 3.63) is 34.2 Å². The van der Waals surface area contributed by atoms with Crippen molar-refractivity contribution in [1.82, 2.24) is 4.98 Å². The summed E-state index contributed by atoms with van der Waals surface area (Å²) in [5.74, 6) is 5.96. The van der Waals surface area contributed by atoms with Crippen LogP contribution in [0.25, 0.3) is 20.7 Å². The maximum atomic E-state index is 8.10. The Balaban J connectivity index is 2.15. The maximum absolute atomic E-state index is 8.10. The molecule has 0 aliphatic rings. The van der Waals surface area contributed by atoms with Crippen molar-refractivity contribution in [1.29, 1.82) is 0 Å². The number of nitrogens with zero attached hydrogens (tertiary/aromatic N) is 4. The molecule has 0 bridgehead atoms. The Kier molecular flexibility index (Phi) is 3.46. The number of rotatable bonds is 2. The molecule has 0 saturated carbocycles. The summed E-state index contributed by atoms with van der Waals surface area (Å²) in [7, 11) is 0. The van der Waals surface area contributed by atoms with E-state index in [0.717, 1.165) is 15.8 Å². The molecule has 0 radical (unpaired) electrons. The Morgan fingerprint density at radius 3 is 3.24 bits per heavy atom. The van der Waals surface area contributed by atoms with Crippen LogP contribution in [0, 0.1) is 11.8 Å². The van der Waals surface area contributed by atoms with Gasteiger partial charge in [0.05, 0.1) is 10.2 Å². The van der Waals surface area contributed by atoms with E-state index in [0.29, 0.717) is 18.1 Å². The summed E-state index contributed by atoms with van der Waals surface area (Å²) < 4.78 is 1.03. The van der Waals surface area contributed by atoms with E-state index in [1.807, 2.05) is 18.2 Å². The van der Waals surface area contributed by atoms with Crippen LogP contribution in [0.1, 0.15) is 12.0 Å². The van der Waals surface area contributed by atoms with E-state index < -0.39 is 0 Å². The van der Waals surface area contributed by atoms with Crippen molar-refractivity contribution in [3.8, 4) is 11.8 Å². The molecule has 0 atom stereocenters. The van der Waals surface area contributed by atoms with Gasteiger partial charge in [-0.2, -0.15) is 0 Å². The zero-order valence-corrected chi connectivity index (χ0v) is 9.74. The standard InChI is InChI=1S/C11H9N5S/c12-11-15-9-5-4-8(7-10(9)17-11)3-1-2-6-14-16-13/h4-5,7H,2,6H2,(H2,12,15). The van der Waals surface area contributed by atoms with Crippen molar-refractivity contribution in [2.45, 2.75) is 6.42 Å². The molecule has 0 fully saturated rings. The molecule has 2 N–H and O–H groups in total. The van der Waals surface area contributed by atoms with Crippen LogP contribution in [0.3, 0.4) is 0 Å². The molecule has 0 aliphatic heterocycles. The highest BCUT2D eigenvalue weighted by Crippen LogP contribution is 2.24. The van der Waals surface area contributed by atoms with Gasteiger partial charge in [0, 0.05) is 23.4 Å². The van der Waals surface area contributed by atoms with E-state index >= 15 is 0 Å². The van der Waals surface area contributed by atoms with Crippen molar-refractivity contribution < 1.29 is 0 Å². The highest BCUT2D eigenvalue weighted by molar-refractivity contribution is 7.22. The smallest absolute Gasteiger partial charge is 0.181 e. The van der Waals surface area contributed by atoms with Crippen LogP contribution in [-0.2, 0) is 0 Å². The minimum absolute atomic E-state index is 0.402. The van der Waals surface area contributed by atoms with Crippen molar-refractivity contribution >= 4 is 26.7 Å². The van der Waals surface area contributed by atoms with Gasteiger partial charge in [0.1, 0.15) is 0 Å². The summed E-state index contributed by atoms with van der Waals surface area (Å²) in [6.07, 6.45) is 0.562. The number of fused-ring (bicyclic) bond motifs is 1. The maximum Gasteiger partial charge on any atom is 0.181 e. The van der Waals surface area contributed by atoms with E-state index in [1.165, 1.54) is 11.3 Å². The summed E-state index contributed by atoms with van der Waals surface area (Å²) in [6.45, 7) is 0.402. The van der Waals surface area contributed by atoms with E-state index in [9.17, 15) is 0 Å². The monoisotopic (exact) mass is 243 g/mol. The lowest BCUT2D eigenvalue weighted by atomic mass is 10.2. The van der Waals surface area contributed by atoms with Gasteiger partial charge in [-0.15, -0.1) is 0 Å². The Labute approximate surface area is 102 Å². The predicted molar refractivity (Wildman–Crippen MR) is 69.5 cm³/mol. The molecule has 0 aliphatic carbocycles. The number of nitrogen functional groups attached to an aromatic ring is 1. The number of aromatic nitrogens is 1. The summed E-state index contributed by atoms with van der Waals surface area (Å²) in [4.78, 5) is 6.83. The van der Waals surface area contributed by atoms with Crippen LogP contribution in [0.5, 0.6) is 0 Å². The molecule has 0 saturated heterocycles. The first-order valence-corrected chi connectivity index (χ1v) is 5.77. The number of hydrogen-bond acceptors (Lipinski definition) is 4. The first-order chi connectivity index (χ1) is 8.29. The fourth-order valence-corrected chi connectivity index (χ4v) is 2.11. The topological polar surface area (TPSA) is 87.7 Å². The van der Waals surface area contributed by atoms with Gasteiger partial charge in [-0.1, -0.05) is 28.3 Å². The zero-order chi connectivity index (χ0) is 12.1. The second-order valence-electron chi connectivity index (χ2n) is 3.24.